The number of para-hydroxylation sites is 1. The van der Waals surface area contributed by atoms with Gasteiger partial charge in [-0.3, -0.25) is 9.69 Å². The van der Waals surface area contributed by atoms with Gasteiger partial charge in [0.15, 0.2) is 0 Å². The molecule has 10 nitrogen and oxygen atoms in total. The zero-order valence-electron chi connectivity index (χ0n) is 24.2. The number of fused-ring (bicyclic) bond motifs is 1. The number of anilines is 5. The molecule has 10 heteroatoms. The van der Waals surface area contributed by atoms with Gasteiger partial charge in [-0.15, -0.1) is 0 Å². The molecule has 0 aliphatic carbocycles. The first-order valence-electron chi connectivity index (χ1n) is 13.9. The van der Waals surface area contributed by atoms with Crippen molar-refractivity contribution in [2.75, 3.05) is 67.3 Å². The molecular formula is C31H38N8O2. The molecule has 5 rings (SSSR count). The summed E-state index contributed by atoms with van der Waals surface area (Å²) in [6.45, 7) is 12.6. The lowest BCUT2D eigenvalue weighted by molar-refractivity contribution is -0.111. The van der Waals surface area contributed by atoms with E-state index in [2.05, 4.69) is 65.0 Å². The number of urea groups is 1. The summed E-state index contributed by atoms with van der Waals surface area (Å²) in [5.74, 6) is 0.702. The summed E-state index contributed by atoms with van der Waals surface area (Å²) in [5, 5.41) is 6.15. The average Bonchev–Trinajstić information content (AvgIpc) is 3.03. The number of aromatic nitrogens is 2. The highest BCUT2D eigenvalue weighted by Crippen LogP contribution is 2.36. The van der Waals surface area contributed by atoms with Gasteiger partial charge in [0.05, 0.1) is 0 Å². The van der Waals surface area contributed by atoms with Gasteiger partial charge in [-0.25, -0.2) is 9.78 Å². The van der Waals surface area contributed by atoms with E-state index in [-0.39, 0.29) is 11.9 Å². The Morgan fingerprint density at radius 3 is 2.46 bits per heavy atom. The SMILES string of the molecule is C=CC(=O)Nc1ccccc1CN1CC(C)(C)c2cnc(Nc3ccc(N4CCN(C)CC4)cc3)nc2N(C)C1=O. The lowest BCUT2D eigenvalue weighted by Crippen LogP contribution is -2.44. The fourth-order valence-electron chi connectivity index (χ4n) is 5.34. The number of carbonyl (C=O) groups excluding carboxylic acids is 2. The molecule has 1 aromatic heterocycles. The molecule has 2 aliphatic rings. The largest absolute Gasteiger partial charge is 0.369 e. The standard InChI is InChI=1S/C31H38N8O2/c1-6-27(40)34-26-10-8-7-9-22(26)20-39-21-31(2,3)25-19-32-29(35-28(25)37(5)30(39)41)33-23-11-13-24(14-12-23)38-17-15-36(4)16-18-38/h6-14,19H,1,15-18,20-21H2,2-5H3,(H,34,40)(H,32,33,35). The Hall–Kier alpha value is -4.44. The van der Waals surface area contributed by atoms with E-state index in [1.54, 1.807) is 16.8 Å². The average molecular weight is 555 g/mol. The van der Waals surface area contributed by atoms with Crippen LogP contribution in [0.3, 0.4) is 0 Å². The molecular weight excluding hydrogens is 516 g/mol. The molecule has 41 heavy (non-hydrogen) atoms. The molecule has 2 aromatic carbocycles. The Balaban J connectivity index is 1.35. The topological polar surface area (TPSA) is 96.9 Å². The highest BCUT2D eigenvalue weighted by Gasteiger charge is 2.37. The molecule has 0 bridgehead atoms. The van der Waals surface area contributed by atoms with Crippen molar-refractivity contribution < 1.29 is 9.59 Å². The predicted octanol–water partition coefficient (Wildman–Crippen LogP) is 4.45. The minimum atomic E-state index is -0.419. The van der Waals surface area contributed by atoms with Gasteiger partial charge < -0.3 is 25.3 Å². The Labute approximate surface area is 241 Å². The van der Waals surface area contributed by atoms with Crippen LogP contribution in [0.4, 0.5) is 33.6 Å². The van der Waals surface area contributed by atoms with E-state index < -0.39 is 5.41 Å². The Morgan fingerprint density at radius 1 is 1.05 bits per heavy atom. The van der Waals surface area contributed by atoms with Crippen molar-refractivity contribution in [2.45, 2.75) is 25.8 Å². The summed E-state index contributed by atoms with van der Waals surface area (Å²) >= 11 is 0. The molecule has 2 aliphatic heterocycles. The van der Waals surface area contributed by atoms with Crippen molar-refractivity contribution in [3.8, 4) is 0 Å². The van der Waals surface area contributed by atoms with Crippen molar-refractivity contribution in [2.24, 2.45) is 0 Å². The van der Waals surface area contributed by atoms with E-state index >= 15 is 0 Å². The molecule has 0 atom stereocenters. The molecule has 2 N–H and O–H groups in total. The Kier molecular flexibility index (Phi) is 7.94. The van der Waals surface area contributed by atoms with Crippen molar-refractivity contribution in [1.82, 2.24) is 19.8 Å². The zero-order chi connectivity index (χ0) is 29.1. The number of nitrogens with zero attached hydrogens (tertiary/aromatic N) is 6. The number of carbonyl (C=O) groups is 2. The maximum atomic E-state index is 13.7. The molecule has 1 fully saturated rings. The van der Waals surface area contributed by atoms with Crippen LogP contribution in [0.5, 0.6) is 0 Å². The van der Waals surface area contributed by atoms with Gasteiger partial charge in [-0.1, -0.05) is 38.6 Å². The summed E-state index contributed by atoms with van der Waals surface area (Å²) in [5.41, 5.74) is 4.03. The van der Waals surface area contributed by atoms with Crippen molar-refractivity contribution in [3.63, 3.8) is 0 Å². The molecule has 3 heterocycles. The van der Waals surface area contributed by atoms with Crippen LogP contribution in [0, 0.1) is 0 Å². The molecule has 0 saturated carbocycles. The number of rotatable bonds is 7. The van der Waals surface area contributed by atoms with E-state index in [1.165, 1.54) is 11.8 Å². The molecule has 3 amide bonds. The van der Waals surface area contributed by atoms with E-state index in [4.69, 9.17) is 4.98 Å². The fourth-order valence-corrected chi connectivity index (χ4v) is 5.34. The zero-order valence-corrected chi connectivity index (χ0v) is 24.2. The normalized spacial score (nSPS) is 17.1. The van der Waals surface area contributed by atoms with E-state index in [0.717, 1.165) is 43.0 Å². The minimum Gasteiger partial charge on any atom is -0.369 e. The highest BCUT2D eigenvalue weighted by molar-refractivity contribution is 5.99. The number of piperazine rings is 1. The Morgan fingerprint density at radius 2 is 1.76 bits per heavy atom. The first kappa shape index (κ1) is 28.1. The molecule has 0 spiro atoms. The highest BCUT2D eigenvalue weighted by atomic mass is 16.2. The second-order valence-corrected chi connectivity index (χ2v) is 11.3. The van der Waals surface area contributed by atoms with Gasteiger partial charge >= 0.3 is 6.03 Å². The van der Waals surface area contributed by atoms with E-state index in [9.17, 15) is 9.59 Å². The van der Waals surface area contributed by atoms with Crippen molar-refractivity contribution in [3.05, 3.63) is 78.5 Å². The number of hydrogen-bond acceptors (Lipinski definition) is 7. The summed E-state index contributed by atoms with van der Waals surface area (Å²) in [7, 11) is 3.89. The molecule has 1 saturated heterocycles. The summed E-state index contributed by atoms with van der Waals surface area (Å²) in [6, 6.07) is 15.6. The van der Waals surface area contributed by atoms with Gasteiger partial charge in [0.2, 0.25) is 11.9 Å². The monoisotopic (exact) mass is 554 g/mol. The molecule has 3 aromatic rings. The first-order chi connectivity index (χ1) is 19.6. The third-order valence-corrected chi connectivity index (χ3v) is 7.77. The van der Waals surface area contributed by atoms with Crippen LogP contribution in [0.1, 0.15) is 25.0 Å². The second kappa shape index (κ2) is 11.6. The molecule has 0 unspecified atom stereocenters. The van der Waals surface area contributed by atoms with Gasteiger partial charge in [-0.2, -0.15) is 4.98 Å². The maximum absolute atomic E-state index is 13.7. The fraction of sp³-hybridized carbons (Fsp3) is 0.355. The smallest absolute Gasteiger partial charge is 0.325 e. The van der Waals surface area contributed by atoms with Gasteiger partial charge in [-0.05, 0) is 49.0 Å². The van der Waals surface area contributed by atoms with Crippen LogP contribution in [0.2, 0.25) is 0 Å². The lowest BCUT2D eigenvalue weighted by atomic mass is 9.85. The van der Waals surface area contributed by atoms with Crippen molar-refractivity contribution in [1.29, 1.82) is 0 Å². The summed E-state index contributed by atoms with van der Waals surface area (Å²) in [6.07, 6.45) is 3.04. The van der Waals surface area contributed by atoms with Crippen LogP contribution < -0.4 is 20.4 Å². The van der Waals surface area contributed by atoms with E-state index in [0.29, 0.717) is 30.5 Å². The summed E-state index contributed by atoms with van der Waals surface area (Å²) < 4.78 is 0. The minimum absolute atomic E-state index is 0.178. The number of likely N-dealkylation sites (N-methyl/N-ethyl adjacent to an activating group) is 1. The van der Waals surface area contributed by atoms with Crippen LogP contribution in [-0.2, 0) is 16.8 Å². The van der Waals surface area contributed by atoms with Gasteiger partial charge in [0, 0.05) is 80.6 Å². The Bertz CT molecular complexity index is 1430. The first-order valence-corrected chi connectivity index (χ1v) is 13.9. The third-order valence-electron chi connectivity index (χ3n) is 7.77. The number of amides is 3. The summed E-state index contributed by atoms with van der Waals surface area (Å²) in [4.78, 5) is 43.2. The lowest BCUT2D eigenvalue weighted by Gasteiger charge is -2.34. The van der Waals surface area contributed by atoms with Crippen LogP contribution in [0.15, 0.2) is 67.4 Å². The van der Waals surface area contributed by atoms with Crippen LogP contribution in [0.25, 0.3) is 0 Å². The van der Waals surface area contributed by atoms with Crippen molar-refractivity contribution >= 4 is 40.8 Å². The third kappa shape index (κ3) is 6.17. The molecule has 0 radical (unpaired) electrons. The quantitative estimate of drug-likeness (QED) is 0.417. The number of benzene rings is 2. The molecule has 214 valence electrons. The van der Waals surface area contributed by atoms with E-state index in [1.807, 2.05) is 42.6 Å². The second-order valence-electron chi connectivity index (χ2n) is 11.3. The predicted molar refractivity (Wildman–Crippen MR) is 164 cm³/mol. The number of nitrogens with one attached hydrogen (secondary N) is 2. The van der Waals surface area contributed by atoms with Gasteiger partial charge in [0.25, 0.3) is 0 Å². The number of hydrogen-bond donors (Lipinski definition) is 2. The maximum Gasteiger partial charge on any atom is 0.325 e. The van der Waals surface area contributed by atoms with Crippen LogP contribution in [-0.4, -0.2) is 78.5 Å². The van der Waals surface area contributed by atoms with Gasteiger partial charge in [0.1, 0.15) is 5.82 Å². The van der Waals surface area contributed by atoms with Crippen LogP contribution >= 0.6 is 0 Å².